The first-order valence-electron chi connectivity index (χ1n) is 4.37. The third kappa shape index (κ3) is 2.59. The van der Waals surface area contributed by atoms with Crippen molar-refractivity contribution in [1.29, 1.82) is 0 Å². The summed E-state index contributed by atoms with van der Waals surface area (Å²) >= 11 is 3.24. The van der Waals surface area contributed by atoms with Gasteiger partial charge in [0.1, 0.15) is 8.60 Å². The van der Waals surface area contributed by atoms with E-state index in [1.807, 2.05) is 35.6 Å². The van der Waals surface area contributed by atoms with E-state index in [1.165, 1.54) is 18.1 Å². The van der Waals surface area contributed by atoms with Crippen molar-refractivity contribution in [2.24, 2.45) is 0 Å². The lowest BCUT2D eigenvalue weighted by atomic mass is 10.5. The summed E-state index contributed by atoms with van der Waals surface area (Å²) in [6, 6.07) is 1.82. The Morgan fingerprint density at radius 1 is 1.44 bits per heavy atom. The highest BCUT2D eigenvalue weighted by Gasteiger charge is 2.08. The van der Waals surface area contributed by atoms with Gasteiger partial charge in [-0.05, 0) is 47.3 Å². The molecule has 0 bridgehead atoms. The summed E-state index contributed by atoms with van der Waals surface area (Å²) in [4.78, 5) is 26.3. The highest BCUT2D eigenvalue weighted by molar-refractivity contribution is 14.1. The molecule has 0 radical (unpaired) electrons. The van der Waals surface area contributed by atoms with Gasteiger partial charge in [-0.2, -0.15) is 0 Å². The summed E-state index contributed by atoms with van der Waals surface area (Å²) < 4.78 is 0.551. The van der Waals surface area contributed by atoms with E-state index in [2.05, 4.69) is 19.9 Å². The highest BCUT2D eigenvalue weighted by Crippen LogP contribution is 2.24. The number of rotatable bonds is 2. The molecule has 1 N–H and O–H groups in total. The van der Waals surface area contributed by atoms with Crippen LogP contribution in [-0.4, -0.2) is 19.9 Å². The maximum Gasteiger partial charge on any atom is 0.265 e. The van der Waals surface area contributed by atoms with Gasteiger partial charge >= 0.3 is 0 Å². The van der Waals surface area contributed by atoms with Gasteiger partial charge in [0.15, 0.2) is 5.16 Å². The van der Waals surface area contributed by atoms with Crippen LogP contribution < -0.4 is 5.56 Å². The van der Waals surface area contributed by atoms with Crippen LogP contribution in [0.25, 0.3) is 0 Å². The summed E-state index contributed by atoms with van der Waals surface area (Å²) in [5.74, 6) is 0. The first-order valence-corrected chi connectivity index (χ1v) is 6.27. The molecule has 2 rings (SSSR count). The minimum Gasteiger partial charge on any atom is -0.312 e. The number of nitrogens with zero attached hydrogens (tertiary/aromatic N) is 3. The summed E-state index contributed by atoms with van der Waals surface area (Å²) in [6.45, 7) is 1.89. The minimum absolute atomic E-state index is 0.147. The number of aromatic nitrogens is 4. The van der Waals surface area contributed by atoms with E-state index in [1.54, 1.807) is 6.20 Å². The lowest BCUT2D eigenvalue weighted by Crippen LogP contribution is -2.11. The summed E-state index contributed by atoms with van der Waals surface area (Å²) in [5.41, 5.74) is 0.739. The fourth-order valence-electron chi connectivity index (χ4n) is 0.999. The standard InChI is InChI=1S/C9H7IN4OS/c1-5-2-3-11-9(14-5)16-8-6(10)7(15)12-4-13-8/h2-4H,1H3,(H,12,13,15). The van der Waals surface area contributed by atoms with E-state index >= 15 is 0 Å². The normalized spacial score (nSPS) is 10.4. The topological polar surface area (TPSA) is 71.5 Å². The van der Waals surface area contributed by atoms with Crippen LogP contribution in [0.1, 0.15) is 5.69 Å². The molecule has 0 aliphatic rings. The van der Waals surface area contributed by atoms with Crippen LogP contribution in [0, 0.1) is 10.5 Å². The smallest absolute Gasteiger partial charge is 0.265 e. The summed E-state index contributed by atoms with van der Waals surface area (Å²) in [6.07, 6.45) is 3.06. The Morgan fingerprint density at radius 3 is 3.00 bits per heavy atom. The average molecular weight is 346 g/mol. The number of hydrogen-bond acceptors (Lipinski definition) is 5. The predicted molar refractivity (Wildman–Crippen MR) is 68.5 cm³/mol. The van der Waals surface area contributed by atoms with E-state index in [0.29, 0.717) is 13.8 Å². The largest absolute Gasteiger partial charge is 0.312 e. The first kappa shape index (κ1) is 11.5. The Hall–Kier alpha value is -0.960. The van der Waals surface area contributed by atoms with Gasteiger partial charge in [-0.15, -0.1) is 0 Å². The van der Waals surface area contributed by atoms with E-state index in [0.717, 1.165) is 5.69 Å². The molecule has 0 atom stereocenters. The molecule has 2 heterocycles. The maximum absolute atomic E-state index is 11.3. The van der Waals surface area contributed by atoms with Crippen LogP contribution in [0.4, 0.5) is 0 Å². The van der Waals surface area contributed by atoms with Crippen LogP contribution >= 0.6 is 34.4 Å². The monoisotopic (exact) mass is 346 g/mol. The molecular formula is C9H7IN4OS. The van der Waals surface area contributed by atoms with Gasteiger partial charge in [0.05, 0.1) is 6.33 Å². The molecule has 7 heteroatoms. The van der Waals surface area contributed by atoms with Gasteiger partial charge in [0.2, 0.25) is 0 Å². The van der Waals surface area contributed by atoms with Crippen LogP contribution in [0.3, 0.4) is 0 Å². The second-order valence-electron chi connectivity index (χ2n) is 2.93. The van der Waals surface area contributed by atoms with Gasteiger partial charge in [-0.3, -0.25) is 4.79 Å². The van der Waals surface area contributed by atoms with Crippen molar-refractivity contribution in [2.45, 2.75) is 17.1 Å². The van der Waals surface area contributed by atoms with Crippen molar-refractivity contribution in [3.8, 4) is 0 Å². The molecule has 2 aromatic rings. The van der Waals surface area contributed by atoms with Crippen molar-refractivity contribution in [2.75, 3.05) is 0 Å². The molecular weight excluding hydrogens is 339 g/mol. The van der Waals surface area contributed by atoms with E-state index in [9.17, 15) is 4.79 Å². The molecule has 0 spiro atoms. The van der Waals surface area contributed by atoms with Crippen molar-refractivity contribution in [3.63, 3.8) is 0 Å². The molecule has 16 heavy (non-hydrogen) atoms. The number of aryl methyl sites for hydroxylation is 1. The van der Waals surface area contributed by atoms with Crippen molar-refractivity contribution < 1.29 is 0 Å². The molecule has 0 aromatic carbocycles. The zero-order chi connectivity index (χ0) is 11.5. The molecule has 0 aliphatic carbocycles. The Labute approximate surface area is 109 Å². The zero-order valence-corrected chi connectivity index (χ0v) is 11.2. The SMILES string of the molecule is Cc1ccnc(Sc2nc[nH]c(=O)c2I)n1. The quantitative estimate of drug-likeness (QED) is 0.508. The van der Waals surface area contributed by atoms with Gasteiger partial charge in [0, 0.05) is 11.9 Å². The zero-order valence-electron chi connectivity index (χ0n) is 8.27. The van der Waals surface area contributed by atoms with Crippen LogP contribution in [-0.2, 0) is 0 Å². The molecule has 0 saturated heterocycles. The molecule has 82 valence electrons. The lowest BCUT2D eigenvalue weighted by Gasteiger charge is -2.01. The Kier molecular flexibility index (Phi) is 3.54. The average Bonchev–Trinajstić information content (AvgIpc) is 2.25. The Balaban J connectivity index is 2.34. The molecule has 0 aliphatic heterocycles. The van der Waals surface area contributed by atoms with Gasteiger partial charge in [-0.1, -0.05) is 0 Å². The van der Waals surface area contributed by atoms with Crippen molar-refractivity contribution in [1.82, 2.24) is 19.9 Å². The van der Waals surface area contributed by atoms with E-state index < -0.39 is 0 Å². The van der Waals surface area contributed by atoms with Gasteiger partial charge in [-0.25, -0.2) is 15.0 Å². The highest BCUT2D eigenvalue weighted by atomic mass is 127. The third-order valence-electron chi connectivity index (χ3n) is 1.73. The number of nitrogens with one attached hydrogen (secondary N) is 1. The summed E-state index contributed by atoms with van der Waals surface area (Å²) in [7, 11) is 0. The second kappa shape index (κ2) is 4.91. The number of aromatic amines is 1. The number of hydrogen-bond donors (Lipinski definition) is 1. The van der Waals surface area contributed by atoms with Gasteiger partial charge < -0.3 is 4.98 Å². The van der Waals surface area contributed by atoms with Crippen molar-refractivity contribution in [3.05, 3.63) is 38.2 Å². The van der Waals surface area contributed by atoms with E-state index in [4.69, 9.17) is 0 Å². The number of H-pyrrole nitrogens is 1. The van der Waals surface area contributed by atoms with Crippen LogP contribution in [0.2, 0.25) is 0 Å². The third-order valence-corrected chi connectivity index (χ3v) is 3.97. The van der Waals surface area contributed by atoms with E-state index in [-0.39, 0.29) is 5.56 Å². The predicted octanol–water partition coefficient (Wildman–Crippen LogP) is 1.62. The van der Waals surface area contributed by atoms with Crippen LogP contribution in [0.5, 0.6) is 0 Å². The Bertz CT molecular complexity index is 571. The molecule has 0 amide bonds. The summed E-state index contributed by atoms with van der Waals surface area (Å²) in [5, 5.41) is 1.21. The van der Waals surface area contributed by atoms with Crippen molar-refractivity contribution >= 4 is 34.4 Å². The first-order chi connectivity index (χ1) is 7.66. The lowest BCUT2D eigenvalue weighted by molar-refractivity contribution is 0.918. The molecule has 0 fully saturated rings. The number of halogens is 1. The second-order valence-corrected chi connectivity index (χ2v) is 4.97. The fraction of sp³-hybridized carbons (Fsp3) is 0.111. The molecule has 2 aromatic heterocycles. The maximum atomic E-state index is 11.3. The minimum atomic E-state index is -0.147. The molecule has 0 saturated carbocycles. The Morgan fingerprint density at radius 2 is 2.25 bits per heavy atom. The molecule has 0 unspecified atom stereocenters. The van der Waals surface area contributed by atoms with Gasteiger partial charge in [0.25, 0.3) is 5.56 Å². The van der Waals surface area contributed by atoms with Crippen LogP contribution in [0.15, 0.2) is 33.6 Å². The molecule has 5 nitrogen and oxygen atoms in total. The fourth-order valence-corrected chi connectivity index (χ4v) is 2.39.